The van der Waals surface area contributed by atoms with Crippen LogP contribution in [0.15, 0.2) is 86.0 Å². The van der Waals surface area contributed by atoms with E-state index in [-0.39, 0.29) is 25.8 Å². The van der Waals surface area contributed by atoms with Gasteiger partial charge in [-0.2, -0.15) is 0 Å². The number of allylic oxidation sites excluding steroid dienone is 1. The summed E-state index contributed by atoms with van der Waals surface area (Å²) in [4.78, 5) is 65.6. The summed E-state index contributed by atoms with van der Waals surface area (Å²) >= 11 is 0. The number of carbonyl (C=O) groups is 5. The van der Waals surface area contributed by atoms with Crippen LogP contribution >= 0.6 is 0 Å². The van der Waals surface area contributed by atoms with E-state index in [1.54, 1.807) is 35.0 Å². The average molecular weight is 823 g/mol. The van der Waals surface area contributed by atoms with E-state index in [1.165, 1.54) is 20.1 Å². The van der Waals surface area contributed by atoms with E-state index >= 15 is 0 Å². The smallest absolute Gasteiger partial charge is 0.407 e. The topological polar surface area (TPSA) is 170 Å². The predicted octanol–water partition coefficient (Wildman–Crippen LogP) is 6.87. The summed E-state index contributed by atoms with van der Waals surface area (Å²) in [6, 6.07) is 16.5. The summed E-state index contributed by atoms with van der Waals surface area (Å²) in [6.07, 6.45) is 4.33. The summed E-state index contributed by atoms with van der Waals surface area (Å²) in [5, 5.41) is 14.7. The first-order valence-corrected chi connectivity index (χ1v) is 20.0. The molecule has 4 rings (SSSR count). The summed E-state index contributed by atoms with van der Waals surface area (Å²) in [5.41, 5.74) is 2.44. The lowest BCUT2D eigenvalue weighted by molar-refractivity contribution is -0.145. The molecule has 3 atom stereocenters. The third-order valence-electron chi connectivity index (χ3n) is 9.72. The molecule has 0 aliphatic heterocycles. The maximum absolute atomic E-state index is 14.4. The second kappa shape index (κ2) is 21.6. The highest BCUT2D eigenvalue weighted by Crippen LogP contribution is 2.48. The minimum absolute atomic E-state index is 0.0194. The van der Waals surface area contributed by atoms with Crippen LogP contribution in [0.5, 0.6) is 11.5 Å². The van der Waals surface area contributed by atoms with Gasteiger partial charge in [-0.1, -0.05) is 60.7 Å². The minimum atomic E-state index is -1.16. The largest absolute Gasteiger partial charge is 0.496 e. The van der Waals surface area contributed by atoms with Crippen molar-refractivity contribution in [2.24, 2.45) is 0 Å². The molecule has 0 saturated heterocycles. The second-order valence-corrected chi connectivity index (χ2v) is 15.4. The Kier molecular flexibility index (Phi) is 16.7. The summed E-state index contributed by atoms with van der Waals surface area (Å²) < 4.78 is 22.6. The fourth-order valence-electron chi connectivity index (χ4n) is 7.18. The molecule has 0 radical (unpaired) electrons. The maximum atomic E-state index is 14.4. The first-order valence-electron chi connectivity index (χ1n) is 20.0. The lowest BCUT2D eigenvalue weighted by atomic mass is 9.87. The van der Waals surface area contributed by atoms with Crippen LogP contribution in [0.4, 0.5) is 4.79 Å². The molecule has 0 aliphatic carbocycles. The van der Waals surface area contributed by atoms with Gasteiger partial charge in [0.15, 0.2) is 0 Å². The van der Waals surface area contributed by atoms with Gasteiger partial charge in [0.05, 0.1) is 21.3 Å². The monoisotopic (exact) mass is 822 g/mol. The molecule has 60 heavy (non-hydrogen) atoms. The Morgan fingerprint density at radius 2 is 1.27 bits per heavy atom. The van der Waals surface area contributed by atoms with Gasteiger partial charge in [-0.05, 0) is 97.7 Å². The van der Waals surface area contributed by atoms with E-state index < -0.39 is 53.5 Å². The molecule has 320 valence electrons. The molecular formula is C47H58N4O9. The van der Waals surface area contributed by atoms with Gasteiger partial charge < -0.3 is 40.2 Å². The summed E-state index contributed by atoms with van der Waals surface area (Å²) in [5.74, 6) is -1.28. The molecule has 0 bridgehead atoms. The van der Waals surface area contributed by atoms with Crippen molar-refractivity contribution in [1.82, 2.24) is 21.3 Å². The number of fused-ring (bicyclic) bond motifs is 2. The summed E-state index contributed by atoms with van der Waals surface area (Å²) in [7, 11) is 4.40. The molecule has 0 aromatic heterocycles. The van der Waals surface area contributed by atoms with Crippen LogP contribution in [0.1, 0.15) is 64.5 Å². The molecule has 0 heterocycles. The molecule has 0 spiro atoms. The number of unbranched alkanes of at least 4 members (excludes halogenated alkanes) is 1. The number of rotatable bonds is 20. The minimum Gasteiger partial charge on any atom is -0.496 e. The number of methoxy groups -OCH3 is 3. The number of ether oxygens (including phenoxy) is 4. The Balaban J connectivity index is 1.76. The Labute approximate surface area is 352 Å². The molecular weight excluding hydrogens is 765 g/mol. The second-order valence-electron chi connectivity index (χ2n) is 15.4. The zero-order chi connectivity index (χ0) is 44.0. The van der Waals surface area contributed by atoms with Crippen LogP contribution in [0.2, 0.25) is 0 Å². The van der Waals surface area contributed by atoms with E-state index in [4.69, 9.17) is 18.9 Å². The maximum Gasteiger partial charge on any atom is 0.407 e. The van der Waals surface area contributed by atoms with Crippen molar-refractivity contribution >= 4 is 51.3 Å². The van der Waals surface area contributed by atoms with Crippen LogP contribution in [0.3, 0.4) is 0 Å². The highest BCUT2D eigenvalue weighted by atomic mass is 16.6. The Morgan fingerprint density at radius 1 is 0.717 bits per heavy atom. The molecule has 4 aromatic rings. The number of hydrogen-bond acceptors (Lipinski definition) is 9. The normalized spacial score (nSPS) is 12.7. The molecule has 1 unspecified atom stereocenters. The van der Waals surface area contributed by atoms with E-state index in [0.717, 1.165) is 38.2 Å². The van der Waals surface area contributed by atoms with Crippen LogP contribution < -0.4 is 30.7 Å². The zero-order valence-electron chi connectivity index (χ0n) is 35.7. The standard InChI is InChI=1S/C47H58N4O9/c1-10-18-32-26-30-20-12-14-22-34(30)39(41(32)57-7)40-35-23-15-13-21-31(35)27-33(42(40)58-8)28-38(49-29(3)52)44(54)50-36(43(53)51-37(19-11-2)45(55)59-9)24-16-17-25-48-46(56)60-47(4,5)6/h10-15,20-23,26-27,36-38H,1-2,16-19,24-25,28H2,3-9H3,(H,48,56)(H,49,52)(H,50,54)(H,51,53)/t36-,37+,38?/m1/s1. The van der Waals surface area contributed by atoms with Gasteiger partial charge >= 0.3 is 12.1 Å². The third-order valence-corrected chi connectivity index (χ3v) is 9.72. The number of alkyl carbamates (subject to hydrolysis) is 1. The van der Waals surface area contributed by atoms with Crippen LogP contribution in [0, 0.1) is 0 Å². The lowest BCUT2D eigenvalue weighted by Crippen LogP contribution is -2.56. The highest BCUT2D eigenvalue weighted by Gasteiger charge is 2.31. The summed E-state index contributed by atoms with van der Waals surface area (Å²) in [6.45, 7) is 14.5. The van der Waals surface area contributed by atoms with Gasteiger partial charge in [-0.15, -0.1) is 13.2 Å². The van der Waals surface area contributed by atoms with Crippen molar-refractivity contribution in [2.45, 2.75) is 89.9 Å². The third kappa shape index (κ3) is 12.1. The van der Waals surface area contributed by atoms with E-state index in [1.807, 2.05) is 60.7 Å². The molecule has 4 aromatic carbocycles. The fourth-order valence-corrected chi connectivity index (χ4v) is 7.18. The molecule has 0 saturated carbocycles. The fraction of sp³-hybridized carbons (Fsp3) is 0.383. The number of benzene rings is 4. The van der Waals surface area contributed by atoms with Gasteiger partial charge in [0.25, 0.3) is 0 Å². The first kappa shape index (κ1) is 46.3. The van der Waals surface area contributed by atoms with Crippen molar-refractivity contribution in [1.29, 1.82) is 0 Å². The first-order chi connectivity index (χ1) is 28.7. The van der Waals surface area contributed by atoms with Crippen molar-refractivity contribution in [3.05, 3.63) is 97.1 Å². The molecule has 0 aliphatic rings. The van der Waals surface area contributed by atoms with Gasteiger partial charge in [0.1, 0.15) is 35.2 Å². The molecule has 4 N–H and O–H groups in total. The number of esters is 1. The Morgan fingerprint density at radius 3 is 1.80 bits per heavy atom. The molecule has 0 fully saturated rings. The van der Waals surface area contributed by atoms with Crippen molar-refractivity contribution in [2.75, 3.05) is 27.9 Å². The van der Waals surface area contributed by atoms with Gasteiger partial charge in [-0.3, -0.25) is 14.4 Å². The van der Waals surface area contributed by atoms with Crippen LogP contribution in [-0.4, -0.2) is 81.4 Å². The zero-order valence-corrected chi connectivity index (χ0v) is 35.7. The Hall–Kier alpha value is -6.37. The molecule has 13 heteroatoms. The van der Waals surface area contributed by atoms with E-state index in [2.05, 4.69) is 40.5 Å². The Bertz CT molecular complexity index is 2210. The van der Waals surface area contributed by atoms with Crippen molar-refractivity contribution < 1.29 is 42.9 Å². The van der Waals surface area contributed by atoms with Gasteiger partial charge in [0, 0.05) is 31.0 Å². The number of amides is 4. The van der Waals surface area contributed by atoms with Crippen LogP contribution in [-0.2, 0) is 41.5 Å². The number of hydrogen-bond donors (Lipinski definition) is 4. The highest BCUT2D eigenvalue weighted by molar-refractivity contribution is 6.11. The molecule has 4 amide bonds. The molecule has 13 nitrogen and oxygen atoms in total. The van der Waals surface area contributed by atoms with E-state index in [0.29, 0.717) is 36.3 Å². The van der Waals surface area contributed by atoms with Crippen molar-refractivity contribution in [3.8, 4) is 22.6 Å². The van der Waals surface area contributed by atoms with Crippen LogP contribution in [0.25, 0.3) is 32.7 Å². The number of carbonyl (C=O) groups excluding carboxylic acids is 5. The van der Waals surface area contributed by atoms with Gasteiger partial charge in [-0.25, -0.2) is 9.59 Å². The van der Waals surface area contributed by atoms with Crippen molar-refractivity contribution in [3.63, 3.8) is 0 Å². The van der Waals surface area contributed by atoms with Gasteiger partial charge in [0.2, 0.25) is 17.7 Å². The quantitative estimate of drug-likeness (QED) is 0.0422. The average Bonchev–Trinajstić information content (AvgIpc) is 3.20. The SMILES string of the molecule is C=CCc1cc2ccccc2c(-c2c(OC)c(CC(NC(C)=O)C(=O)N[C@H](CCCCNC(=O)OC(C)(C)C)C(=O)N[C@@H](CC=C)C(=O)OC)cc3ccccc23)c1OC. The lowest BCUT2D eigenvalue weighted by Gasteiger charge is -2.26. The number of nitrogens with one attached hydrogen (secondary N) is 4. The van der Waals surface area contributed by atoms with E-state index in [9.17, 15) is 24.0 Å². The predicted molar refractivity (Wildman–Crippen MR) is 234 cm³/mol.